The predicted octanol–water partition coefficient (Wildman–Crippen LogP) is 1.86. The van der Waals surface area contributed by atoms with E-state index in [-0.39, 0.29) is 11.6 Å². The minimum atomic E-state index is -0.814. The van der Waals surface area contributed by atoms with Crippen LogP contribution in [0.1, 0.15) is 23.2 Å². The second kappa shape index (κ2) is 9.64. The Morgan fingerprint density at radius 1 is 1.07 bits per heavy atom. The molecule has 0 saturated carbocycles. The third-order valence-electron chi connectivity index (χ3n) is 4.42. The number of hydrogen-bond donors (Lipinski definition) is 2. The smallest absolute Gasteiger partial charge is 0.325 e. The molecular weight excluding hydrogens is 393 g/mol. The number of nitrogens with zero attached hydrogens (tertiary/aromatic N) is 1. The van der Waals surface area contributed by atoms with Gasteiger partial charge < -0.3 is 20.3 Å². The highest BCUT2D eigenvalue weighted by Crippen LogP contribution is 2.21. The van der Waals surface area contributed by atoms with Crippen LogP contribution in [0.5, 0.6) is 0 Å². The summed E-state index contributed by atoms with van der Waals surface area (Å²) in [5, 5.41) is 4.67. The Bertz CT molecular complexity index is 961. The number of nitrogens with one attached hydrogen (secondary N) is 2. The molecule has 0 unspecified atom stereocenters. The first kappa shape index (κ1) is 21.0. The fourth-order valence-electron chi connectivity index (χ4n) is 2.91. The van der Waals surface area contributed by atoms with Crippen LogP contribution in [-0.4, -0.2) is 43.4 Å². The molecule has 1 saturated heterocycles. The number of anilines is 2. The van der Waals surface area contributed by atoms with Crippen molar-refractivity contribution >= 4 is 35.1 Å². The van der Waals surface area contributed by atoms with Crippen molar-refractivity contribution in [2.75, 3.05) is 29.9 Å². The molecule has 1 aliphatic rings. The number of benzene rings is 2. The van der Waals surface area contributed by atoms with Crippen LogP contribution < -0.4 is 15.5 Å². The number of ether oxygens (including phenoxy) is 1. The Hall–Kier alpha value is -3.75. The second-order valence-corrected chi connectivity index (χ2v) is 6.57. The van der Waals surface area contributed by atoms with Gasteiger partial charge in [0.15, 0.2) is 6.61 Å². The van der Waals surface area contributed by atoms with E-state index in [0.717, 1.165) is 6.42 Å². The summed E-state index contributed by atoms with van der Waals surface area (Å²) in [4.78, 5) is 49.0. The molecule has 1 aliphatic heterocycles. The van der Waals surface area contributed by atoms with E-state index >= 15 is 0 Å². The molecule has 1 fully saturated rings. The molecule has 1 heterocycles. The van der Waals surface area contributed by atoms with Gasteiger partial charge in [0.05, 0.1) is 5.69 Å². The molecule has 2 N–H and O–H groups in total. The van der Waals surface area contributed by atoms with E-state index in [1.165, 1.54) is 18.2 Å². The van der Waals surface area contributed by atoms with E-state index < -0.39 is 36.8 Å². The summed E-state index contributed by atoms with van der Waals surface area (Å²) in [5.74, 6) is -2.57. The highest BCUT2D eigenvalue weighted by molar-refractivity contribution is 5.98. The minimum Gasteiger partial charge on any atom is -0.454 e. The average molecular weight is 413 g/mol. The van der Waals surface area contributed by atoms with Crippen molar-refractivity contribution in [3.05, 3.63) is 59.9 Å². The number of carbonyl (C=O) groups excluding carboxylic acids is 4. The molecule has 0 bridgehead atoms. The summed E-state index contributed by atoms with van der Waals surface area (Å²) in [6.07, 6.45) is 1.32. The molecule has 0 radical (unpaired) electrons. The summed E-state index contributed by atoms with van der Waals surface area (Å²) < 4.78 is 18.2. The standard InChI is InChI=1S/C21H20FN3O5/c22-16-4-1-2-5-17(16)24-18(26)13-30-20(28)12-23-21(29)14-7-9-15(10-8-14)25-11-3-6-19(25)27/h1-2,4-5,7-10H,3,6,11-13H2,(H,23,29)(H,24,26). The second-order valence-electron chi connectivity index (χ2n) is 6.57. The van der Waals surface area contributed by atoms with E-state index in [1.807, 2.05) is 0 Å². The predicted molar refractivity (Wildman–Crippen MR) is 106 cm³/mol. The zero-order valence-electron chi connectivity index (χ0n) is 16.0. The Kier molecular flexibility index (Phi) is 6.74. The summed E-state index contributed by atoms with van der Waals surface area (Å²) in [5.41, 5.74) is 1.01. The Labute approximate surface area is 172 Å². The van der Waals surface area contributed by atoms with Gasteiger partial charge in [-0.05, 0) is 42.8 Å². The maximum absolute atomic E-state index is 13.5. The third kappa shape index (κ3) is 5.40. The summed E-state index contributed by atoms with van der Waals surface area (Å²) in [6.45, 7) is -0.388. The first-order chi connectivity index (χ1) is 14.4. The summed E-state index contributed by atoms with van der Waals surface area (Å²) in [6, 6.07) is 12.1. The molecule has 156 valence electrons. The monoisotopic (exact) mass is 413 g/mol. The molecule has 0 aliphatic carbocycles. The van der Waals surface area contributed by atoms with Gasteiger partial charge >= 0.3 is 5.97 Å². The fourth-order valence-corrected chi connectivity index (χ4v) is 2.91. The Morgan fingerprint density at radius 2 is 1.80 bits per heavy atom. The first-order valence-electron chi connectivity index (χ1n) is 9.32. The topological polar surface area (TPSA) is 105 Å². The number of amides is 3. The molecule has 2 aromatic carbocycles. The lowest BCUT2D eigenvalue weighted by molar-refractivity contribution is -0.146. The van der Waals surface area contributed by atoms with E-state index in [2.05, 4.69) is 10.6 Å². The highest BCUT2D eigenvalue weighted by atomic mass is 19.1. The van der Waals surface area contributed by atoms with Crippen LogP contribution in [0, 0.1) is 5.82 Å². The van der Waals surface area contributed by atoms with Crippen molar-refractivity contribution < 1.29 is 28.3 Å². The maximum atomic E-state index is 13.5. The van der Waals surface area contributed by atoms with Gasteiger partial charge in [-0.1, -0.05) is 12.1 Å². The van der Waals surface area contributed by atoms with Crippen molar-refractivity contribution in [3.63, 3.8) is 0 Å². The van der Waals surface area contributed by atoms with Crippen molar-refractivity contribution in [1.82, 2.24) is 5.32 Å². The first-order valence-corrected chi connectivity index (χ1v) is 9.32. The molecule has 2 aromatic rings. The van der Waals surface area contributed by atoms with E-state index in [4.69, 9.17) is 4.74 Å². The van der Waals surface area contributed by atoms with Crippen LogP contribution in [0.15, 0.2) is 48.5 Å². The van der Waals surface area contributed by atoms with Crippen LogP contribution in [-0.2, 0) is 19.1 Å². The van der Waals surface area contributed by atoms with Gasteiger partial charge in [0.25, 0.3) is 11.8 Å². The van der Waals surface area contributed by atoms with Crippen molar-refractivity contribution in [2.45, 2.75) is 12.8 Å². The van der Waals surface area contributed by atoms with E-state index in [9.17, 15) is 23.6 Å². The maximum Gasteiger partial charge on any atom is 0.325 e. The molecule has 0 spiro atoms. The van der Waals surface area contributed by atoms with Gasteiger partial charge in [-0.15, -0.1) is 0 Å². The minimum absolute atomic E-state index is 0.0223. The quantitative estimate of drug-likeness (QED) is 0.675. The third-order valence-corrected chi connectivity index (χ3v) is 4.42. The van der Waals surface area contributed by atoms with Crippen molar-refractivity contribution in [1.29, 1.82) is 0 Å². The number of esters is 1. The molecule has 8 nitrogen and oxygen atoms in total. The highest BCUT2D eigenvalue weighted by Gasteiger charge is 2.21. The molecule has 9 heteroatoms. The fraction of sp³-hybridized carbons (Fsp3) is 0.238. The van der Waals surface area contributed by atoms with Gasteiger partial charge in [0.2, 0.25) is 5.91 Å². The number of carbonyl (C=O) groups is 4. The molecule has 3 amide bonds. The van der Waals surface area contributed by atoms with Gasteiger partial charge in [0.1, 0.15) is 12.4 Å². The zero-order chi connectivity index (χ0) is 21.5. The van der Waals surface area contributed by atoms with Gasteiger partial charge in [0, 0.05) is 24.2 Å². The number of rotatable bonds is 7. The largest absolute Gasteiger partial charge is 0.454 e. The number of halogens is 1. The van der Waals surface area contributed by atoms with Crippen molar-refractivity contribution in [2.24, 2.45) is 0 Å². The zero-order valence-corrected chi connectivity index (χ0v) is 16.0. The van der Waals surface area contributed by atoms with E-state index in [1.54, 1.807) is 35.2 Å². The van der Waals surface area contributed by atoms with Gasteiger partial charge in [-0.25, -0.2) is 4.39 Å². The van der Waals surface area contributed by atoms with Crippen LogP contribution in [0.2, 0.25) is 0 Å². The van der Waals surface area contributed by atoms with E-state index in [0.29, 0.717) is 24.2 Å². The summed E-state index contributed by atoms with van der Waals surface area (Å²) in [7, 11) is 0. The van der Waals surface area contributed by atoms with Crippen molar-refractivity contribution in [3.8, 4) is 0 Å². The lowest BCUT2D eigenvalue weighted by Gasteiger charge is -2.15. The number of hydrogen-bond acceptors (Lipinski definition) is 5. The summed E-state index contributed by atoms with van der Waals surface area (Å²) >= 11 is 0. The molecule has 3 rings (SSSR count). The lowest BCUT2D eigenvalue weighted by atomic mass is 10.2. The average Bonchev–Trinajstić information content (AvgIpc) is 3.18. The van der Waals surface area contributed by atoms with Gasteiger partial charge in [-0.2, -0.15) is 0 Å². The van der Waals surface area contributed by atoms with Crippen LogP contribution in [0.4, 0.5) is 15.8 Å². The normalized spacial score (nSPS) is 13.1. The van der Waals surface area contributed by atoms with Crippen LogP contribution >= 0.6 is 0 Å². The van der Waals surface area contributed by atoms with Crippen LogP contribution in [0.3, 0.4) is 0 Å². The lowest BCUT2D eigenvalue weighted by Crippen LogP contribution is -2.32. The number of para-hydroxylation sites is 1. The Morgan fingerprint density at radius 3 is 2.47 bits per heavy atom. The Balaban J connectivity index is 1.42. The van der Waals surface area contributed by atoms with Crippen LogP contribution in [0.25, 0.3) is 0 Å². The SMILES string of the molecule is O=C(COC(=O)CNC(=O)c1ccc(N2CCCC2=O)cc1)Nc1ccccc1F. The molecule has 0 aromatic heterocycles. The molecule has 30 heavy (non-hydrogen) atoms. The molecular formula is C21H20FN3O5. The van der Waals surface area contributed by atoms with Gasteiger partial charge in [-0.3, -0.25) is 19.2 Å². The molecule has 0 atom stereocenters.